The average molecular weight is 464 g/mol. The maximum Gasteiger partial charge on any atom is 0.329 e. The Morgan fingerprint density at radius 3 is 2.69 bits per heavy atom. The first-order valence-electron chi connectivity index (χ1n) is 10.3. The molecule has 0 amide bonds. The highest BCUT2D eigenvalue weighted by Crippen LogP contribution is 2.39. The number of nitrogens with two attached hydrogens (primary N) is 1. The predicted octanol–water partition coefficient (Wildman–Crippen LogP) is 2.37. The normalized spacial score (nSPS) is 11.8. The van der Waals surface area contributed by atoms with E-state index in [4.69, 9.17) is 15.2 Å². The van der Waals surface area contributed by atoms with Crippen LogP contribution >= 0.6 is 7.60 Å². The molecular formula is C20H29N6O5P. The lowest BCUT2D eigenvalue weighted by Crippen LogP contribution is -2.11. The molecule has 12 heteroatoms. The number of nitrogens with zero attached hydrogens (tertiary/aromatic N) is 4. The summed E-state index contributed by atoms with van der Waals surface area (Å²) in [5.74, 6) is 0.791. The van der Waals surface area contributed by atoms with Crippen LogP contribution in [0.5, 0.6) is 6.01 Å². The van der Waals surface area contributed by atoms with E-state index in [-0.39, 0.29) is 24.6 Å². The standard InChI is InChI=1S/C20H29N6O5P/c1-3-4-8-22-19-23-16-17(21)24-20(31-10-9-30-2)25-18(16)26(19)12-14-6-5-7-15(11-14)13-32(27,28)29/h5-7,11H,3-4,8-10,12-13H2,1-2H3,(H,22,23)(H2,21,24,25)(H2,27,28,29). The number of nitrogens with one attached hydrogen (secondary N) is 1. The molecule has 11 nitrogen and oxygen atoms in total. The lowest BCUT2D eigenvalue weighted by molar-refractivity contribution is 0.141. The van der Waals surface area contributed by atoms with Gasteiger partial charge in [0.2, 0.25) is 5.95 Å². The van der Waals surface area contributed by atoms with Gasteiger partial charge >= 0.3 is 13.6 Å². The van der Waals surface area contributed by atoms with Gasteiger partial charge in [-0.2, -0.15) is 9.97 Å². The predicted molar refractivity (Wildman–Crippen MR) is 122 cm³/mol. The summed E-state index contributed by atoms with van der Waals surface area (Å²) in [6, 6.07) is 7.24. The molecule has 0 aliphatic rings. The van der Waals surface area contributed by atoms with Crippen molar-refractivity contribution in [1.82, 2.24) is 19.5 Å². The van der Waals surface area contributed by atoms with Crippen LogP contribution in [0.3, 0.4) is 0 Å². The summed E-state index contributed by atoms with van der Waals surface area (Å²) in [5.41, 5.74) is 8.48. The van der Waals surface area contributed by atoms with Gasteiger partial charge in [0, 0.05) is 13.7 Å². The largest absolute Gasteiger partial charge is 0.461 e. The van der Waals surface area contributed by atoms with Gasteiger partial charge in [0.05, 0.1) is 19.3 Å². The van der Waals surface area contributed by atoms with E-state index < -0.39 is 7.60 Å². The first kappa shape index (κ1) is 23.9. The highest BCUT2D eigenvalue weighted by atomic mass is 31.2. The van der Waals surface area contributed by atoms with Crippen LogP contribution in [0.4, 0.5) is 11.8 Å². The molecule has 3 rings (SSSR count). The SMILES string of the molecule is CCCCNc1nc2c(N)nc(OCCOC)nc2n1Cc1cccc(CP(=O)(O)O)c1. The molecule has 174 valence electrons. The van der Waals surface area contributed by atoms with Crippen molar-refractivity contribution in [3.8, 4) is 6.01 Å². The number of anilines is 2. The van der Waals surface area contributed by atoms with E-state index in [1.807, 2.05) is 10.6 Å². The second kappa shape index (κ2) is 10.7. The summed E-state index contributed by atoms with van der Waals surface area (Å²) in [5, 5.41) is 3.32. The Hall–Kier alpha value is -2.72. The third-order valence-corrected chi connectivity index (χ3v) is 5.43. The van der Waals surface area contributed by atoms with E-state index in [9.17, 15) is 14.4 Å². The number of benzene rings is 1. The van der Waals surface area contributed by atoms with Gasteiger partial charge in [0.1, 0.15) is 6.61 Å². The second-order valence-corrected chi connectivity index (χ2v) is 9.00. The van der Waals surface area contributed by atoms with Crippen LogP contribution in [-0.4, -0.2) is 56.2 Å². The molecule has 0 spiro atoms. The van der Waals surface area contributed by atoms with Crippen molar-refractivity contribution in [3.63, 3.8) is 0 Å². The first-order chi connectivity index (χ1) is 15.3. The van der Waals surface area contributed by atoms with Crippen LogP contribution < -0.4 is 15.8 Å². The number of fused-ring (bicyclic) bond motifs is 1. The molecule has 2 heterocycles. The second-order valence-electron chi connectivity index (χ2n) is 7.35. The fourth-order valence-corrected chi connectivity index (χ4v) is 3.86. The molecule has 0 saturated carbocycles. The van der Waals surface area contributed by atoms with Gasteiger partial charge in [-0.3, -0.25) is 9.13 Å². The van der Waals surface area contributed by atoms with Crippen molar-refractivity contribution in [2.45, 2.75) is 32.5 Å². The minimum Gasteiger partial charge on any atom is -0.461 e. The van der Waals surface area contributed by atoms with Gasteiger partial charge < -0.3 is 30.3 Å². The number of aromatic nitrogens is 4. The molecular weight excluding hydrogens is 435 g/mol. The maximum absolute atomic E-state index is 11.4. The molecule has 3 aromatic rings. The highest BCUT2D eigenvalue weighted by Gasteiger charge is 2.19. The van der Waals surface area contributed by atoms with Gasteiger partial charge in [0.15, 0.2) is 17.0 Å². The highest BCUT2D eigenvalue weighted by molar-refractivity contribution is 7.50. The number of rotatable bonds is 12. The first-order valence-corrected chi connectivity index (χ1v) is 12.1. The smallest absolute Gasteiger partial charge is 0.329 e. The third kappa shape index (κ3) is 6.39. The Morgan fingerprint density at radius 1 is 1.19 bits per heavy atom. The minimum absolute atomic E-state index is 0.128. The number of methoxy groups -OCH3 is 1. The molecule has 0 aliphatic carbocycles. The van der Waals surface area contributed by atoms with Crippen LogP contribution in [0.15, 0.2) is 24.3 Å². The van der Waals surface area contributed by atoms with E-state index in [1.54, 1.807) is 25.3 Å². The topological polar surface area (TPSA) is 158 Å². The van der Waals surface area contributed by atoms with Gasteiger partial charge in [-0.1, -0.05) is 37.6 Å². The van der Waals surface area contributed by atoms with Crippen molar-refractivity contribution >= 4 is 30.5 Å². The average Bonchev–Trinajstić information content (AvgIpc) is 3.05. The summed E-state index contributed by atoms with van der Waals surface area (Å²) < 4.78 is 23.8. The minimum atomic E-state index is -4.17. The third-order valence-electron chi connectivity index (χ3n) is 4.65. The molecule has 2 aromatic heterocycles. The van der Waals surface area contributed by atoms with Crippen LogP contribution in [0.2, 0.25) is 0 Å². The number of ether oxygens (including phenoxy) is 2. The summed E-state index contributed by atoms with van der Waals surface area (Å²) in [6.07, 6.45) is 1.67. The Bertz CT molecular complexity index is 1100. The summed E-state index contributed by atoms with van der Waals surface area (Å²) in [7, 11) is -2.59. The van der Waals surface area contributed by atoms with E-state index in [2.05, 4.69) is 27.2 Å². The van der Waals surface area contributed by atoms with E-state index in [1.165, 1.54) is 0 Å². The summed E-state index contributed by atoms with van der Waals surface area (Å²) in [6.45, 7) is 3.86. The van der Waals surface area contributed by atoms with Crippen molar-refractivity contribution in [1.29, 1.82) is 0 Å². The molecule has 0 saturated heterocycles. The zero-order valence-corrected chi connectivity index (χ0v) is 19.1. The molecule has 0 radical (unpaired) electrons. The number of imidazole rings is 1. The molecule has 5 N–H and O–H groups in total. The fourth-order valence-electron chi connectivity index (χ4n) is 3.19. The fraction of sp³-hybridized carbons (Fsp3) is 0.450. The van der Waals surface area contributed by atoms with E-state index in [0.29, 0.717) is 35.8 Å². The Kier molecular flexibility index (Phi) is 8.03. The number of hydrogen-bond donors (Lipinski definition) is 4. The molecule has 0 fully saturated rings. The van der Waals surface area contributed by atoms with Crippen molar-refractivity contribution < 1.29 is 23.8 Å². The molecule has 0 bridgehead atoms. The number of nitrogen functional groups attached to an aromatic ring is 1. The summed E-state index contributed by atoms with van der Waals surface area (Å²) in [4.78, 5) is 31.9. The van der Waals surface area contributed by atoms with Gasteiger partial charge in [-0.25, -0.2) is 4.98 Å². The van der Waals surface area contributed by atoms with Crippen LogP contribution in [0.1, 0.15) is 30.9 Å². The van der Waals surface area contributed by atoms with E-state index >= 15 is 0 Å². The van der Waals surface area contributed by atoms with Crippen LogP contribution in [0, 0.1) is 0 Å². The number of unbranched alkanes of at least 4 members (excludes halogenated alkanes) is 1. The van der Waals surface area contributed by atoms with Gasteiger partial charge in [0.25, 0.3) is 0 Å². The molecule has 1 aromatic carbocycles. The Morgan fingerprint density at radius 2 is 1.97 bits per heavy atom. The van der Waals surface area contributed by atoms with Crippen molar-refractivity contribution in [3.05, 3.63) is 35.4 Å². The molecule has 0 unspecified atom stereocenters. The zero-order valence-electron chi connectivity index (χ0n) is 18.2. The van der Waals surface area contributed by atoms with E-state index in [0.717, 1.165) is 24.9 Å². The lowest BCUT2D eigenvalue weighted by atomic mass is 10.1. The van der Waals surface area contributed by atoms with Gasteiger partial charge in [-0.15, -0.1) is 0 Å². The van der Waals surface area contributed by atoms with Crippen LogP contribution in [-0.2, 0) is 22.0 Å². The molecule has 32 heavy (non-hydrogen) atoms. The Labute approximate surface area is 186 Å². The summed E-state index contributed by atoms with van der Waals surface area (Å²) >= 11 is 0. The van der Waals surface area contributed by atoms with Crippen molar-refractivity contribution in [2.24, 2.45) is 0 Å². The quantitative estimate of drug-likeness (QED) is 0.232. The van der Waals surface area contributed by atoms with Crippen molar-refractivity contribution in [2.75, 3.05) is 37.9 Å². The monoisotopic (exact) mass is 464 g/mol. The van der Waals surface area contributed by atoms with Crippen LogP contribution in [0.25, 0.3) is 11.2 Å². The van der Waals surface area contributed by atoms with Gasteiger partial charge in [-0.05, 0) is 17.5 Å². The maximum atomic E-state index is 11.4. The molecule has 0 atom stereocenters. The number of hydrogen-bond acceptors (Lipinski definition) is 8. The zero-order chi connectivity index (χ0) is 23.1. The lowest BCUT2D eigenvalue weighted by Gasteiger charge is -2.12. The Balaban J connectivity index is 1.99. The molecule has 0 aliphatic heterocycles.